The minimum Gasteiger partial charge on any atom is -0.397 e. The van der Waals surface area contributed by atoms with E-state index in [-0.39, 0.29) is 25.2 Å². The predicted molar refractivity (Wildman–Crippen MR) is 118 cm³/mol. The van der Waals surface area contributed by atoms with Crippen molar-refractivity contribution in [2.24, 2.45) is 0 Å². The maximum atomic E-state index is 13.5. The molecule has 8 nitrogen and oxygen atoms in total. The molecule has 1 aromatic carbocycles. The Hall–Kier alpha value is -4.08. The molecule has 4 N–H and O–H groups in total. The van der Waals surface area contributed by atoms with Crippen LogP contribution in [-0.2, 0) is 0 Å². The third-order valence-corrected chi connectivity index (χ3v) is 5.37. The Kier molecular flexibility index (Phi) is 4.69. The van der Waals surface area contributed by atoms with Gasteiger partial charge in [-0.15, -0.1) is 0 Å². The molecule has 1 aliphatic heterocycles. The van der Waals surface area contributed by atoms with Gasteiger partial charge in [0.15, 0.2) is 5.69 Å². The van der Waals surface area contributed by atoms with E-state index in [1.54, 1.807) is 30.6 Å². The third kappa shape index (κ3) is 3.82. The van der Waals surface area contributed by atoms with E-state index in [1.165, 1.54) is 11.1 Å². The number of aromatic amines is 1. The fourth-order valence-electron chi connectivity index (χ4n) is 3.77. The number of nitrogens with two attached hydrogens (primary N) is 1. The number of alkyl halides is 2. The van der Waals surface area contributed by atoms with Crippen LogP contribution in [0.4, 0.5) is 26.0 Å². The summed E-state index contributed by atoms with van der Waals surface area (Å²) in [6.45, 7) is -0.175. The van der Waals surface area contributed by atoms with Crippen LogP contribution >= 0.6 is 0 Å². The lowest BCUT2D eigenvalue weighted by Crippen LogP contribution is -2.25. The van der Waals surface area contributed by atoms with Gasteiger partial charge in [0.1, 0.15) is 5.82 Å². The van der Waals surface area contributed by atoms with Crippen molar-refractivity contribution in [3.63, 3.8) is 0 Å². The molecule has 4 aromatic rings. The molecule has 32 heavy (non-hydrogen) atoms. The zero-order chi connectivity index (χ0) is 22.3. The number of halogens is 2. The normalized spacial score (nSPS) is 15.2. The highest BCUT2D eigenvalue weighted by molar-refractivity contribution is 6.11. The summed E-state index contributed by atoms with van der Waals surface area (Å²) < 4.78 is 27.1. The van der Waals surface area contributed by atoms with Gasteiger partial charge in [0.05, 0.1) is 17.7 Å². The lowest BCUT2D eigenvalue weighted by molar-refractivity contribution is 0.0256. The fourth-order valence-corrected chi connectivity index (χ4v) is 3.77. The molecule has 0 spiro atoms. The first-order chi connectivity index (χ1) is 15.4. The Balaban J connectivity index is 1.41. The molecule has 0 aliphatic carbocycles. The number of nitrogen functional groups attached to an aromatic ring is 1. The van der Waals surface area contributed by atoms with E-state index in [0.717, 1.165) is 11.1 Å². The van der Waals surface area contributed by atoms with Gasteiger partial charge in [0.2, 0.25) is 0 Å². The Bertz CT molecular complexity index is 1320. The maximum absolute atomic E-state index is 13.5. The van der Waals surface area contributed by atoms with Crippen molar-refractivity contribution < 1.29 is 13.6 Å². The lowest BCUT2D eigenvalue weighted by Gasteiger charge is -2.17. The Labute approximate surface area is 181 Å². The van der Waals surface area contributed by atoms with Gasteiger partial charge in [0.25, 0.3) is 11.8 Å². The molecule has 0 saturated carbocycles. The van der Waals surface area contributed by atoms with Gasteiger partial charge in [-0.05, 0) is 29.8 Å². The van der Waals surface area contributed by atoms with Crippen LogP contribution in [0.1, 0.15) is 16.9 Å². The number of nitrogens with one attached hydrogen (secondary N) is 2. The summed E-state index contributed by atoms with van der Waals surface area (Å²) in [5.74, 6) is -2.77. The summed E-state index contributed by atoms with van der Waals surface area (Å²) in [5, 5.41) is 10.4. The zero-order valence-electron chi connectivity index (χ0n) is 16.8. The van der Waals surface area contributed by atoms with Gasteiger partial charge in [-0.25, -0.2) is 13.8 Å². The standard InChI is InChI=1S/C22H19F2N7O/c23-22(24)4-6-31(12-22)19-9-16(3-5-27-19)28-21(32)20-17-8-13(1-2-18(17)29-30-20)14-7-15(25)11-26-10-14/h1-3,5,7-11H,4,6,12,25H2,(H,29,30)(H,27,28,32). The summed E-state index contributed by atoms with van der Waals surface area (Å²) in [6, 6.07) is 10.5. The molecule has 0 radical (unpaired) electrons. The highest BCUT2D eigenvalue weighted by Gasteiger charge is 2.38. The van der Waals surface area contributed by atoms with Crippen LogP contribution in [0.3, 0.4) is 0 Å². The van der Waals surface area contributed by atoms with Gasteiger partial charge in [-0.3, -0.25) is 14.9 Å². The van der Waals surface area contributed by atoms with Crippen molar-refractivity contribution in [2.45, 2.75) is 12.3 Å². The lowest BCUT2D eigenvalue weighted by atomic mass is 10.0. The Morgan fingerprint density at radius 3 is 2.81 bits per heavy atom. The molecule has 1 aliphatic rings. The van der Waals surface area contributed by atoms with Crippen molar-refractivity contribution in [1.29, 1.82) is 0 Å². The first-order valence-electron chi connectivity index (χ1n) is 9.97. The largest absolute Gasteiger partial charge is 0.397 e. The summed E-state index contributed by atoms with van der Waals surface area (Å²) >= 11 is 0. The average Bonchev–Trinajstić information content (AvgIpc) is 3.36. The molecule has 5 rings (SSSR count). The second-order valence-corrected chi connectivity index (χ2v) is 7.72. The maximum Gasteiger partial charge on any atom is 0.276 e. The van der Waals surface area contributed by atoms with Crippen molar-refractivity contribution in [3.8, 4) is 11.1 Å². The molecule has 0 bridgehead atoms. The molecule has 1 saturated heterocycles. The second kappa shape index (κ2) is 7.56. The number of carbonyl (C=O) groups excluding carboxylic acids is 1. The number of carbonyl (C=O) groups is 1. The van der Waals surface area contributed by atoms with Crippen LogP contribution in [0.25, 0.3) is 22.0 Å². The Morgan fingerprint density at radius 1 is 1.16 bits per heavy atom. The predicted octanol–water partition coefficient (Wildman–Crippen LogP) is 3.70. The number of amides is 1. The summed E-state index contributed by atoms with van der Waals surface area (Å²) in [6.07, 6.45) is 4.52. The minimum atomic E-state index is -2.73. The van der Waals surface area contributed by atoms with Gasteiger partial charge < -0.3 is 16.0 Å². The Morgan fingerprint density at radius 2 is 2.03 bits per heavy atom. The van der Waals surface area contributed by atoms with E-state index in [2.05, 4.69) is 25.5 Å². The zero-order valence-corrected chi connectivity index (χ0v) is 16.8. The quantitative estimate of drug-likeness (QED) is 0.451. The first-order valence-corrected chi connectivity index (χ1v) is 9.97. The summed E-state index contributed by atoms with van der Waals surface area (Å²) in [5.41, 5.74) is 9.39. The van der Waals surface area contributed by atoms with E-state index in [1.807, 2.05) is 18.2 Å². The van der Waals surface area contributed by atoms with E-state index in [0.29, 0.717) is 28.1 Å². The average molecular weight is 435 g/mol. The van der Waals surface area contributed by atoms with E-state index in [9.17, 15) is 13.6 Å². The van der Waals surface area contributed by atoms with Crippen molar-refractivity contribution in [3.05, 3.63) is 60.7 Å². The first kappa shape index (κ1) is 19.9. The van der Waals surface area contributed by atoms with Crippen LogP contribution < -0.4 is 16.0 Å². The van der Waals surface area contributed by atoms with Crippen LogP contribution in [-0.4, -0.2) is 45.1 Å². The monoisotopic (exact) mass is 435 g/mol. The highest BCUT2D eigenvalue weighted by atomic mass is 19.3. The smallest absolute Gasteiger partial charge is 0.276 e. The SMILES string of the molecule is Nc1cncc(-c2ccc3[nH]nc(C(=O)Nc4ccnc(N5CCC(F)(F)C5)c4)c3c2)c1. The van der Waals surface area contributed by atoms with Crippen LogP contribution in [0, 0.1) is 0 Å². The second-order valence-electron chi connectivity index (χ2n) is 7.72. The molecule has 162 valence electrons. The van der Waals surface area contributed by atoms with Gasteiger partial charge in [-0.2, -0.15) is 5.10 Å². The number of nitrogens with zero attached hydrogens (tertiary/aromatic N) is 4. The van der Waals surface area contributed by atoms with E-state index < -0.39 is 11.8 Å². The molecule has 4 heterocycles. The fraction of sp³-hybridized carbons (Fsp3) is 0.182. The number of anilines is 3. The third-order valence-electron chi connectivity index (χ3n) is 5.37. The molecule has 10 heteroatoms. The topological polar surface area (TPSA) is 113 Å². The van der Waals surface area contributed by atoms with Crippen molar-refractivity contribution >= 4 is 34.0 Å². The van der Waals surface area contributed by atoms with Gasteiger partial charge >= 0.3 is 0 Å². The van der Waals surface area contributed by atoms with Crippen LogP contribution in [0.2, 0.25) is 0 Å². The van der Waals surface area contributed by atoms with Crippen LogP contribution in [0.5, 0.6) is 0 Å². The number of H-pyrrole nitrogens is 1. The molecule has 1 amide bonds. The van der Waals surface area contributed by atoms with Crippen LogP contribution in [0.15, 0.2) is 55.0 Å². The molecule has 0 atom stereocenters. The number of benzene rings is 1. The molecule has 1 fully saturated rings. The minimum absolute atomic E-state index is 0.211. The van der Waals surface area contributed by atoms with Crippen molar-refractivity contribution in [2.75, 3.05) is 29.0 Å². The van der Waals surface area contributed by atoms with Crippen molar-refractivity contribution in [1.82, 2.24) is 20.2 Å². The van der Waals surface area contributed by atoms with E-state index in [4.69, 9.17) is 5.73 Å². The van der Waals surface area contributed by atoms with Gasteiger partial charge in [0, 0.05) is 54.3 Å². The number of rotatable bonds is 4. The molecular formula is C22H19F2N7O. The molecule has 3 aromatic heterocycles. The number of pyridine rings is 2. The molecule has 0 unspecified atom stereocenters. The number of hydrogen-bond acceptors (Lipinski definition) is 6. The summed E-state index contributed by atoms with van der Waals surface area (Å²) in [4.78, 5) is 22.7. The number of aromatic nitrogens is 4. The number of fused-ring (bicyclic) bond motifs is 1. The highest BCUT2D eigenvalue weighted by Crippen LogP contribution is 2.31. The van der Waals surface area contributed by atoms with Gasteiger partial charge in [-0.1, -0.05) is 6.07 Å². The number of hydrogen-bond donors (Lipinski definition) is 3. The molecular weight excluding hydrogens is 416 g/mol. The summed E-state index contributed by atoms with van der Waals surface area (Å²) in [7, 11) is 0. The van der Waals surface area contributed by atoms with E-state index >= 15 is 0 Å².